The molecule has 0 heterocycles. The molecule has 0 rings (SSSR count). The first-order valence-corrected chi connectivity index (χ1v) is 6.31. The van der Waals surface area contributed by atoms with Crippen molar-refractivity contribution in [1.82, 2.24) is 5.43 Å². The van der Waals surface area contributed by atoms with E-state index >= 15 is 0 Å². The molecule has 0 aliphatic carbocycles. The fourth-order valence-corrected chi connectivity index (χ4v) is 1.76. The van der Waals surface area contributed by atoms with Gasteiger partial charge in [-0.2, -0.15) is 0 Å². The van der Waals surface area contributed by atoms with Crippen LogP contribution in [0.4, 0.5) is 0 Å². The van der Waals surface area contributed by atoms with E-state index < -0.39 is 0 Å². The second kappa shape index (κ2) is 11.3. The molecule has 0 spiro atoms. The normalized spacial score (nSPS) is 13.3. The molecule has 0 aromatic rings. The van der Waals surface area contributed by atoms with Crippen molar-refractivity contribution in [2.45, 2.75) is 45.6 Å². The Hall–Kier alpha value is -0.160. The number of hydrazine groups is 1. The third kappa shape index (κ3) is 8.05. The highest BCUT2D eigenvalue weighted by molar-refractivity contribution is 4.68. The first-order valence-electron chi connectivity index (χ1n) is 6.31. The molecule has 0 amide bonds. The third-order valence-electron chi connectivity index (χ3n) is 3.05. The summed E-state index contributed by atoms with van der Waals surface area (Å²) in [5.74, 6) is 6.31. The van der Waals surface area contributed by atoms with Gasteiger partial charge >= 0.3 is 0 Å². The van der Waals surface area contributed by atoms with E-state index in [0.717, 1.165) is 25.4 Å². The van der Waals surface area contributed by atoms with Gasteiger partial charge in [0.25, 0.3) is 0 Å². The number of rotatable bonds is 11. The maximum absolute atomic E-state index is 5.54. The molecule has 1 atom stereocenters. The molecule has 3 N–H and O–H groups in total. The zero-order valence-corrected chi connectivity index (χ0v) is 11.0. The van der Waals surface area contributed by atoms with Gasteiger partial charge in [-0.25, -0.2) is 0 Å². The molecule has 0 aliphatic rings. The molecule has 0 aromatic carbocycles. The second-order valence-electron chi connectivity index (χ2n) is 4.18. The Bertz CT molecular complexity index is 141. The summed E-state index contributed by atoms with van der Waals surface area (Å²) >= 11 is 0. The fraction of sp³-hybridized carbons (Fsp3) is 1.00. The monoisotopic (exact) mass is 232 g/mol. The van der Waals surface area contributed by atoms with Crippen LogP contribution in [0.1, 0.15) is 39.5 Å². The highest BCUT2D eigenvalue weighted by atomic mass is 16.5. The summed E-state index contributed by atoms with van der Waals surface area (Å²) in [5.41, 5.74) is 2.88. The molecule has 16 heavy (non-hydrogen) atoms. The Kier molecular flexibility index (Phi) is 11.2. The van der Waals surface area contributed by atoms with Crippen LogP contribution in [-0.4, -0.2) is 33.0 Å². The maximum atomic E-state index is 5.54. The fourth-order valence-electron chi connectivity index (χ4n) is 1.76. The average molecular weight is 232 g/mol. The van der Waals surface area contributed by atoms with Gasteiger partial charge in [0.1, 0.15) is 0 Å². The van der Waals surface area contributed by atoms with Crippen molar-refractivity contribution in [3.63, 3.8) is 0 Å². The largest absolute Gasteiger partial charge is 0.382 e. The lowest BCUT2D eigenvalue weighted by atomic mass is 9.94. The van der Waals surface area contributed by atoms with Crippen LogP contribution in [0.3, 0.4) is 0 Å². The quantitative estimate of drug-likeness (QED) is 0.323. The van der Waals surface area contributed by atoms with Crippen LogP contribution in [0.5, 0.6) is 0 Å². The van der Waals surface area contributed by atoms with E-state index in [1.807, 2.05) is 0 Å². The minimum atomic E-state index is 0.368. The van der Waals surface area contributed by atoms with E-state index in [1.54, 1.807) is 7.11 Å². The van der Waals surface area contributed by atoms with E-state index in [4.69, 9.17) is 15.3 Å². The summed E-state index contributed by atoms with van der Waals surface area (Å²) in [6.07, 6.45) is 4.55. The van der Waals surface area contributed by atoms with Gasteiger partial charge in [-0.15, -0.1) is 0 Å². The van der Waals surface area contributed by atoms with E-state index in [9.17, 15) is 0 Å². The van der Waals surface area contributed by atoms with Crippen LogP contribution in [-0.2, 0) is 9.47 Å². The molecule has 4 heteroatoms. The standard InChI is InChI=1S/C12H28N2O2/c1-4-11(5-2)10-12(14-13)6-7-16-9-8-15-3/h11-12,14H,4-10,13H2,1-3H3. The zero-order chi connectivity index (χ0) is 12.2. The SMILES string of the molecule is CCC(CC)CC(CCOCCOC)NN. The first kappa shape index (κ1) is 15.8. The summed E-state index contributed by atoms with van der Waals surface area (Å²) in [5, 5.41) is 0. The zero-order valence-electron chi connectivity index (χ0n) is 11.0. The topological polar surface area (TPSA) is 56.5 Å². The molecule has 1 unspecified atom stereocenters. The Morgan fingerprint density at radius 1 is 1.12 bits per heavy atom. The van der Waals surface area contributed by atoms with Crippen molar-refractivity contribution >= 4 is 0 Å². The van der Waals surface area contributed by atoms with Gasteiger partial charge in [-0.1, -0.05) is 26.7 Å². The number of methoxy groups -OCH3 is 1. The predicted octanol–water partition coefficient (Wildman–Crippen LogP) is 1.70. The van der Waals surface area contributed by atoms with Crippen molar-refractivity contribution in [1.29, 1.82) is 0 Å². The van der Waals surface area contributed by atoms with Crippen LogP contribution in [0, 0.1) is 5.92 Å². The van der Waals surface area contributed by atoms with E-state index in [-0.39, 0.29) is 0 Å². The van der Waals surface area contributed by atoms with Crippen LogP contribution in [0.2, 0.25) is 0 Å². The van der Waals surface area contributed by atoms with Crippen LogP contribution < -0.4 is 11.3 Å². The summed E-state index contributed by atoms with van der Waals surface area (Å²) < 4.78 is 10.3. The Morgan fingerprint density at radius 2 is 1.81 bits per heavy atom. The van der Waals surface area contributed by atoms with Gasteiger partial charge in [0.15, 0.2) is 0 Å². The highest BCUT2D eigenvalue weighted by Gasteiger charge is 2.12. The van der Waals surface area contributed by atoms with Gasteiger partial charge in [0.2, 0.25) is 0 Å². The second-order valence-corrected chi connectivity index (χ2v) is 4.18. The summed E-state index contributed by atoms with van der Waals surface area (Å²) in [6, 6.07) is 0.368. The number of ether oxygens (including phenoxy) is 2. The molecular weight excluding hydrogens is 204 g/mol. The molecule has 0 saturated carbocycles. The molecule has 0 aromatic heterocycles. The summed E-state index contributed by atoms with van der Waals surface area (Å²) in [4.78, 5) is 0. The highest BCUT2D eigenvalue weighted by Crippen LogP contribution is 2.16. The lowest BCUT2D eigenvalue weighted by Crippen LogP contribution is -2.37. The van der Waals surface area contributed by atoms with E-state index in [1.165, 1.54) is 12.8 Å². The lowest BCUT2D eigenvalue weighted by molar-refractivity contribution is 0.0646. The molecule has 0 radical (unpaired) electrons. The molecular formula is C12H28N2O2. The van der Waals surface area contributed by atoms with Crippen molar-refractivity contribution in [3.8, 4) is 0 Å². The number of nitrogens with two attached hydrogens (primary N) is 1. The summed E-state index contributed by atoms with van der Waals surface area (Å²) in [6.45, 7) is 6.54. The molecule has 98 valence electrons. The Labute approximate surface area is 99.8 Å². The minimum absolute atomic E-state index is 0.368. The van der Waals surface area contributed by atoms with E-state index in [2.05, 4.69) is 19.3 Å². The molecule has 0 fully saturated rings. The van der Waals surface area contributed by atoms with Gasteiger partial charge < -0.3 is 9.47 Å². The minimum Gasteiger partial charge on any atom is -0.382 e. The molecule has 0 saturated heterocycles. The van der Waals surface area contributed by atoms with Crippen LogP contribution in [0.25, 0.3) is 0 Å². The number of hydrogen-bond acceptors (Lipinski definition) is 4. The molecule has 0 bridgehead atoms. The van der Waals surface area contributed by atoms with Crippen LogP contribution in [0.15, 0.2) is 0 Å². The van der Waals surface area contributed by atoms with Crippen molar-refractivity contribution in [2.24, 2.45) is 11.8 Å². The average Bonchev–Trinajstić information content (AvgIpc) is 2.33. The maximum Gasteiger partial charge on any atom is 0.0700 e. The van der Waals surface area contributed by atoms with Crippen molar-refractivity contribution in [2.75, 3.05) is 26.9 Å². The Balaban J connectivity index is 3.57. The summed E-state index contributed by atoms with van der Waals surface area (Å²) in [7, 11) is 1.68. The Morgan fingerprint density at radius 3 is 2.31 bits per heavy atom. The van der Waals surface area contributed by atoms with Gasteiger partial charge in [0.05, 0.1) is 13.2 Å². The van der Waals surface area contributed by atoms with E-state index in [0.29, 0.717) is 19.3 Å². The van der Waals surface area contributed by atoms with Crippen LogP contribution >= 0.6 is 0 Å². The first-order chi connectivity index (χ1) is 7.78. The van der Waals surface area contributed by atoms with Crippen molar-refractivity contribution < 1.29 is 9.47 Å². The van der Waals surface area contributed by atoms with Gasteiger partial charge in [-0.3, -0.25) is 11.3 Å². The lowest BCUT2D eigenvalue weighted by Gasteiger charge is -2.21. The number of nitrogens with one attached hydrogen (secondary N) is 1. The third-order valence-corrected chi connectivity index (χ3v) is 3.05. The molecule has 4 nitrogen and oxygen atoms in total. The van der Waals surface area contributed by atoms with Gasteiger partial charge in [0, 0.05) is 19.8 Å². The van der Waals surface area contributed by atoms with Gasteiger partial charge in [-0.05, 0) is 18.8 Å². The van der Waals surface area contributed by atoms with Crippen molar-refractivity contribution in [3.05, 3.63) is 0 Å². The predicted molar refractivity (Wildman–Crippen MR) is 67.1 cm³/mol. The number of hydrogen-bond donors (Lipinski definition) is 2. The smallest absolute Gasteiger partial charge is 0.0700 e. The molecule has 0 aliphatic heterocycles.